The average Bonchev–Trinajstić information content (AvgIpc) is 2.93. The summed E-state index contributed by atoms with van der Waals surface area (Å²) in [6.45, 7) is 6.95. The molecule has 1 aliphatic carbocycles. The highest BCUT2D eigenvalue weighted by atomic mass is 16.5. The van der Waals surface area contributed by atoms with Crippen molar-refractivity contribution >= 4 is 0 Å². The van der Waals surface area contributed by atoms with Crippen LogP contribution in [0.15, 0.2) is 0 Å². The third-order valence-electron chi connectivity index (χ3n) is 3.85. The lowest BCUT2D eigenvalue weighted by Gasteiger charge is -2.25. The number of hydrogen-bond donors (Lipinski definition) is 1. The molecule has 0 radical (unpaired) electrons. The predicted molar refractivity (Wildman–Crippen MR) is 67.6 cm³/mol. The van der Waals surface area contributed by atoms with Crippen molar-refractivity contribution in [2.45, 2.75) is 70.9 Å². The highest BCUT2D eigenvalue weighted by molar-refractivity contribution is 4.84. The van der Waals surface area contributed by atoms with E-state index in [0.29, 0.717) is 11.5 Å². The molecule has 0 spiro atoms. The second-order valence-electron chi connectivity index (χ2n) is 6.35. The molecule has 1 heterocycles. The lowest BCUT2D eigenvalue weighted by Crippen LogP contribution is -2.31. The molecule has 1 unspecified atom stereocenters. The second kappa shape index (κ2) is 5.50. The molecule has 2 nitrogen and oxygen atoms in total. The van der Waals surface area contributed by atoms with Gasteiger partial charge >= 0.3 is 0 Å². The molecule has 0 aromatic rings. The van der Waals surface area contributed by atoms with Gasteiger partial charge < -0.3 is 10.1 Å². The zero-order valence-corrected chi connectivity index (χ0v) is 10.9. The van der Waals surface area contributed by atoms with Crippen molar-refractivity contribution in [2.75, 3.05) is 13.2 Å². The van der Waals surface area contributed by atoms with Crippen molar-refractivity contribution in [2.24, 2.45) is 5.41 Å². The molecular weight excluding hydrogens is 198 g/mol. The summed E-state index contributed by atoms with van der Waals surface area (Å²) in [5.74, 6) is 0. The van der Waals surface area contributed by atoms with Crippen molar-refractivity contribution < 1.29 is 4.74 Å². The molecular formula is C14H27NO. The Kier molecular flexibility index (Phi) is 4.26. The topological polar surface area (TPSA) is 21.3 Å². The van der Waals surface area contributed by atoms with Gasteiger partial charge in [0, 0.05) is 19.2 Å². The summed E-state index contributed by atoms with van der Waals surface area (Å²) in [6.07, 6.45) is 9.85. The van der Waals surface area contributed by atoms with Crippen molar-refractivity contribution in [1.82, 2.24) is 5.32 Å². The molecule has 1 aliphatic heterocycles. The maximum absolute atomic E-state index is 5.66. The van der Waals surface area contributed by atoms with Crippen molar-refractivity contribution in [1.29, 1.82) is 0 Å². The fourth-order valence-electron chi connectivity index (χ4n) is 2.48. The van der Waals surface area contributed by atoms with E-state index < -0.39 is 0 Å². The molecule has 0 amide bonds. The Bertz CT molecular complexity index is 205. The fourth-order valence-corrected chi connectivity index (χ4v) is 2.48. The van der Waals surface area contributed by atoms with Crippen LogP contribution in [-0.4, -0.2) is 25.3 Å². The highest BCUT2D eigenvalue weighted by Gasteiger charge is 2.25. The molecule has 0 aromatic carbocycles. The van der Waals surface area contributed by atoms with Gasteiger partial charge in [0.15, 0.2) is 0 Å². The first-order valence-corrected chi connectivity index (χ1v) is 7.01. The van der Waals surface area contributed by atoms with Gasteiger partial charge in [-0.05, 0) is 43.9 Å². The largest absolute Gasteiger partial charge is 0.378 e. The summed E-state index contributed by atoms with van der Waals surface area (Å²) in [7, 11) is 0. The number of ether oxygens (including phenoxy) is 1. The molecule has 1 saturated carbocycles. The number of rotatable bonds is 7. The molecule has 1 atom stereocenters. The lowest BCUT2D eigenvalue weighted by molar-refractivity contribution is 0.0986. The van der Waals surface area contributed by atoms with Crippen LogP contribution in [0.2, 0.25) is 0 Å². The summed E-state index contributed by atoms with van der Waals surface area (Å²) >= 11 is 0. The van der Waals surface area contributed by atoms with Crippen LogP contribution >= 0.6 is 0 Å². The molecule has 1 saturated heterocycles. The first-order chi connectivity index (χ1) is 7.66. The SMILES string of the molecule is CC(C)(CCCC1CCCO1)CNC1CC1. The Morgan fingerprint density at radius 1 is 1.25 bits per heavy atom. The quantitative estimate of drug-likeness (QED) is 0.719. The van der Waals surface area contributed by atoms with Crippen LogP contribution in [-0.2, 0) is 4.74 Å². The maximum atomic E-state index is 5.66. The first-order valence-electron chi connectivity index (χ1n) is 7.01. The lowest BCUT2D eigenvalue weighted by atomic mass is 9.86. The molecule has 1 N–H and O–H groups in total. The van der Waals surface area contributed by atoms with E-state index in [-0.39, 0.29) is 0 Å². The fraction of sp³-hybridized carbons (Fsp3) is 1.00. The Balaban J connectivity index is 1.55. The standard InChI is InChI=1S/C14H27NO/c1-14(2,11-15-12-7-8-12)9-3-5-13-6-4-10-16-13/h12-13,15H,3-11H2,1-2H3. The molecule has 2 fully saturated rings. The van der Waals surface area contributed by atoms with E-state index in [1.165, 1.54) is 51.5 Å². The van der Waals surface area contributed by atoms with E-state index in [0.717, 1.165) is 12.6 Å². The van der Waals surface area contributed by atoms with E-state index in [4.69, 9.17) is 4.74 Å². The predicted octanol–water partition coefficient (Wildman–Crippen LogP) is 3.11. The Morgan fingerprint density at radius 2 is 2.06 bits per heavy atom. The summed E-state index contributed by atoms with van der Waals surface area (Å²) in [4.78, 5) is 0. The molecule has 2 heteroatoms. The van der Waals surface area contributed by atoms with Crippen LogP contribution in [0.4, 0.5) is 0 Å². The Hall–Kier alpha value is -0.0800. The van der Waals surface area contributed by atoms with Gasteiger partial charge in [-0.25, -0.2) is 0 Å². The van der Waals surface area contributed by atoms with Crippen LogP contribution < -0.4 is 5.32 Å². The van der Waals surface area contributed by atoms with Gasteiger partial charge in [0.05, 0.1) is 6.10 Å². The van der Waals surface area contributed by atoms with Crippen LogP contribution in [0.25, 0.3) is 0 Å². The number of hydrogen-bond acceptors (Lipinski definition) is 2. The zero-order chi connectivity index (χ0) is 11.4. The summed E-state index contributed by atoms with van der Waals surface area (Å²) in [5, 5.41) is 3.64. The molecule has 16 heavy (non-hydrogen) atoms. The zero-order valence-electron chi connectivity index (χ0n) is 10.9. The van der Waals surface area contributed by atoms with E-state index in [9.17, 15) is 0 Å². The first kappa shape index (κ1) is 12.4. The Labute approximate surface area is 100 Å². The Morgan fingerprint density at radius 3 is 2.69 bits per heavy atom. The van der Waals surface area contributed by atoms with E-state index in [2.05, 4.69) is 19.2 Å². The molecule has 0 aromatic heterocycles. The van der Waals surface area contributed by atoms with Crippen LogP contribution in [0.3, 0.4) is 0 Å². The molecule has 94 valence electrons. The molecule has 2 rings (SSSR count). The van der Waals surface area contributed by atoms with Gasteiger partial charge in [-0.15, -0.1) is 0 Å². The van der Waals surface area contributed by atoms with E-state index >= 15 is 0 Å². The second-order valence-corrected chi connectivity index (χ2v) is 6.35. The van der Waals surface area contributed by atoms with Crippen molar-refractivity contribution in [3.8, 4) is 0 Å². The van der Waals surface area contributed by atoms with Gasteiger partial charge in [0.1, 0.15) is 0 Å². The minimum absolute atomic E-state index is 0.460. The van der Waals surface area contributed by atoms with Crippen molar-refractivity contribution in [3.05, 3.63) is 0 Å². The summed E-state index contributed by atoms with van der Waals surface area (Å²) < 4.78 is 5.66. The smallest absolute Gasteiger partial charge is 0.0576 e. The van der Waals surface area contributed by atoms with Gasteiger partial charge in [-0.3, -0.25) is 0 Å². The van der Waals surface area contributed by atoms with Gasteiger partial charge in [0.2, 0.25) is 0 Å². The van der Waals surface area contributed by atoms with Crippen LogP contribution in [0.1, 0.15) is 58.8 Å². The van der Waals surface area contributed by atoms with Crippen molar-refractivity contribution in [3.63, 3.8) is 0 Å². The highest BCUT2D eigenvalue weighted by Crippen LogP contribution is 2.27. The maximum Gasteiger partial charge on any atom is 0.0576 e. The van der Waals surface area contributed by atoms with E-state index in [1.807, 2.05) is 0 Å². The average molecular weight is 225 g/mol. The van der Waals surface area contributed by atoms with Crippen LogP contribution in [0.5, 0.6) is 0 Å². The van der Waals surface area contributed by atoms with Crippen LogP contribution in [0, 0.1) is 5.41 Å². The third kappa shape index (κ3) is 4.42. The minimum Gasteiger partial charge on any atom is -0.378 e. The van der Waals surface area contributed by atoms with Gasteiger partial charge in [0.25, 0.3) is 0 Å². The number of nitrogens with one attached hydrogen (secondary N) is 1. The van der Waals surface area contributed by atoms with Gasteiger partial charge in [-0.2, -0.15) is 0 Å². The monoisotopic (exact) mass is 225 g/mol. The van der Waals surface area contributed by atoms with E-state index in [1.54, 1.807) is 0 Å². The third-order valence-corrected chi connectivity index (χ3v) is 3.85. The minimum atomic E-state index is 0.460. The molecule has 0 bridgehead atoms. The van der Waals surface area contributed by atoms with Gasteiger partial charge in [-0.1, -0.05) is 20.3 Å². The summed E-state index contributed by atoms with van der Waals surface area (Å²) in [5.41, 5.74) is 0.460. The normalized spacial score (nSPS) is 26.2. The summed E-state index contributed by atoms with van der Waals surface area (Å²) in [6, 6.07) is 0.845. The molecule has 2 aliphatic rings.